The van der Waals surface area contributed by atoms with Crippen molar-refractivity contribution in [1.82, 2.24) is 5.32 Å². The number of benzene rings is 1. The molecule has 2 heteroatoms. The van der Waals surface area contributed by atoms with Gasteiger partial charge in [0.1, 0.15) is 11.9 Å². The molecule has 0 aliphatic carbocycles. The van der Waals surface area contributed by atoms with Gasteiger partial charge in [-0.1, -0.05) is 25.1 Å². The van der Waals surface area contributed by atoms with E-state index < -0.39 is 0 Å². The highest BCUT2D eigenvalue weighted by molar-refractivity contribution is 5.31. The largest absolute Gasteiger partial charge is 0.489 e. The van der Waals surface area contributed by atoms with Crippen LogP contribution in [0.5, 0.6) is 5.75 Å². The third-order valence-electron chi connectivity index (χ3n) is 3.17. The second-order valence-electron chi connectivity index (χ2n) is 5.31. The summed E-state index contributed by atoms with van der Waals surface area (Å²) in [6, 6.07) is 8.14. The summed E-state index contributed by atoms with van der Waals surface area (Å²) in [5.74, 6) is 0.983. The van der Waals surface area contributed by atoms with E-state index in [9.17, 15) is 0 Å². The van der Waals surface area contributed by atoms with Crippen LogP contribution in [0.4, 0.5) is 0 Å². The molecule has 1 rings (SSSR count). The first kappa shape index (κ1) is 14.0. The SMILES string of the molecule is CCC(C)(C)NCC(C)Oc1ccccc1C. The van der Waals surface area contributed by atoms with Gasteiger partial charge in [0.05, 0.1) is 0 Å². The van der Waals surface area contributed by atoms with E-state index in [4.69, 9.17) is 4.74 Å². The molecular weight excluding hydrogens is 210 g/mol. The van der Waals surface area contributed by atoms with Gasteiger partial charge in [-0.05, 0) is 45.7 Å². The van der Waals surface area contributed by atoms with Gasteiger partial charge >= 0.3 is 0 Å². The predicted octanol–water partition coefficient (Wildman–Crippen LogP) is 3.54. The van der Waals surface area contributed by atoms with Gasteiger partial charge < -0.3 is 10.1 Å². The van der Waals surface area contributed by atoms with E-state index in [0.29, 0.717) is 0 Å². The first-order chi connectivity index (χ1) is 7.94. The van der Waals surface area contributed by atoms with Gasteiger partial charge in [0.25, 0.3) is 0 Å². The van der Waals surface area contributed by atoms with Crippen LogP contribution in [-0.4, -0.2) is 18.2 Å². The number of hydrogen-bond donors (Lipinski definition) is 1. The number of hydrogen-bond acceptors (Lipinski definition) is 2. The molecule has 2 nitrogen and oxygen atoms in total. The van der Waals surface area contributed by atoms with E-state index in [1.54, 1.807) is 0 Å². The molecule has 0 aliphatic rings. The minimum Gasteiger partial charge on any atom is -0.489 e. The van der Waals surface area contributed by atoms with Crippen molar-refractivity contribution in [2.75, 3.05) is 6.54 Å². The molecule has 0 aliphatic heterocycles. The van der Waals surface area contributed by atoms with Crippen LogP contribution >= 0.6 is 0 Å². The van der Waals surface area contributed by atoms with Crippen LogP contribution in [0, 0.1) is 6.92 Å². The molecule has 1 aromatic rings. The standard InChI is InChI=1S/C15H25NO/c1-6-15(4,5)16-11-13(3)17-14-10-8-7-9-12(14)2/h7-10,13,16H,6,11H2,1-5H3. The molecule has 0 heterocycles. The predicted molar refractivity (Wildman–Crippen MR) is 73.6 cm³/mol. The van der Waals surface area contributed by atoms with Gasteiger partial charge in [0.15, 0.2) is 0 Å². The molecule has 0 spiro atoms. The fourth-order valence-corrected chi connectivity index (χ4v) is 1.49. The maximum absolute atomic E-state index is 5.92. The van der Waals surface area contributed by atoms with Crippen LogP contribution in [0.1, 0.15) is 39.7 Å². The van der Waals surface area contributed by atoms with Crippen molar-refractivity contribution in [1.29, 1.82) is 0 Å². The van der Waals surface area contributed by atoms with Crippen molar-refractivity contribution < 1.29 is 4.74 Å². The lowest BCUT2D eigenvalue weighted by Gasteiger charge is -2.27. The topological polar surface area (TPSA) is 21.3 Å². The third kappa shape index (κ3) is 4.78. The quantitative estimate of drug-likeness (QED) is 0.814. The fraction of sp³-hybridized carbons (Fsp3) is 0.600. The average molecular weight is 235 g/mol. The maximum atomic E-state index is 5.92. The summed E-state index contributed by atoms with van der Waals surface area (Å²) in [6.07, 6.45) is 1.30. The number of aryl methyl sites for hydroxylation is 1. The summed E-state index contributed by atoms with van der Waals surface area (Å²) >= 11 is 0. The van der Waals surface area contributed by atoms with E-state index in [1.807, 2.05) is 18.2 Å². The van der Waals surface area contributed by atoms with Gasteiger partial charge in [-0.25, -0.2) is 0 Å². The van der Waals surface area contributed by atoms with E-state index in [-0.39, 0.29) is 11.6 Å². The Balaban J connectivity index is 2.45. The van der Waals surface area contributed by atoms with Crippen LogP contribution in [0.25, 0.3) is 0 Å². The summed E-state index contributed by atoms with van der Waals surface area (Å²) in [6.45, 7) is 11.7. The van der Waals surface area contributed by atoms with Crippen molar-refractivity contribution >= 4 is 0 Å². The zero-order chi connectivity index (χ0) is 12.9. The molecule has 1 unspecified atom stereocenters. The summed E-state index contributed by atoms with van der Waals surface area (Å²) in [5, 5.41) is 3.52. The lowest BCUT2D eigenvalue weighted by molar-refractivity contribution is 0.198. The van der Waals surface area contributed by atoms with Gasteiger partial charge in [0, 0.05) is 12.1 Å². The van der Waals surface area contributed by atoms with Crippen LogP contribution < -0.4 is 10.1 Å². The molecule has 0 amide bonds. The second kappa shape index (κ2) is 6.06. The zero-order valence-electron chi connectivity index (χ0n) is 11.7. The molecule has 0 saturated carbocycles. The molecule has 1 aromatic carbocycles. The van der Waals surface area contributed by atoms with Crippen molar-refractivity contribution in [3.63, 3.8) is 0 Å². The highest BCUT2D eigenvalue weighted by Gasteiger charge is 2.15. The molecule has 0 bridgehead atoms. The fourth-order valence-electron chi connectivity index (χ4n) is 1.49. The van der Waals surface area contributed by atoms with Gasteiger partial charge in [-0.15, -0.1) is 0 Å². The number of nitrogens with one attached hydrogen (secondary N) is 1. The Bertz CT molecular complexity index is 347. The van der Waals surface area contributed by atoms with E-state index in [2.05, 4.69) is 46.0 Å². The molecule has 17 heavy (non-hydrogen) atoms. The van der Waals surface area contributed by atoms with Crippen molar-refractivity contribution in [3.8, 4) is 5.75 Å². The lowest BCUT2D eigenvalue weighted by atomic mass is 10.0. The number of para-hydroxylation sites is 1. The average Bonchev–Trinajstić information content (AvgIpc) is 2.30. The summed E-state index contributed by atoms with van der Waals surface area (Å²) in [7, 11) is 0. The number of ether oxygens (including phenoxy) is 1. The van der Waals surface area contributed by atoms with Gasteiger partial charge in [-0.3, -0.25) is 0 Å². The molecule has 0 saturated heterocycles. The van der Waals surface area contributed by atoms with Gasteiger partial charge in [-0.2, -0.15) is 0 Å². The van der Waals surface area contributed by atoms with Crippen LogP contribution in [0.2, 0.25) is 0 Å². The maximum Gasteiger partial charge on any atom is 0.122 e. The van der Waals surface area contributed by atoms with Crippen LogP contribution in [0.15, 0.2) is 24.3 Å². The molecule has 0 aromatic heterocycles. The summed E-state index contributed by atoms with van der Waals surface area (Å²) < 4.78 is 5.92. The Morgan fingerprint density at radius 2 is 1.94 bits per heavy atom. The molecule has 0 radical (unpaired) electrons. The lowest BCUT2D eigenvalue weighted by Crippen LogP contribution is -2.43. The smallest absolute Gasteiger partial charge is 0.122 e. The summed E-state index contributed by atoms with van der Waals surface area (Å²) in [5.41, 5.74) is 1.37. The van der Waals surface area contributed by atoms with E-state index in [1.165, 1.54) is 5.56 Å². The van der Waals surface area contributed by atoms with E-state index in [0.717, 1.165) is 18.7 Å². The first-order valence-electron chi connectivity index (χ1n) is 6.42. The Kier molecular flexibility index (Phi) is 5.01. The molecule has 96 valence electrons. The molecular formula is C15H25NO. The highest BCUT2D eigenvalue weighted by atomic mass is 16.5. The first-order valence-corrected chi connectivity index (χ1v) is 6.42. The van der Waals surface area contributed by atoms with Crippen molar-refractivity contribution in [2.24, 2.45) is 0 Å². The van der Waals surface area contributed by atoms with E-state index >= 15 is 0 Å². The Labute approximate surface area is 105 Å². The van der Waals surface area contributed by atoms with Crippen molar-refractivity contribution in [3.05, 3.63) is 29.8 Å². The summed E-state index contributed by atoms with van der Waals surface area (Å²) in [4.78, 5) is 0. The normalized spacial score (nSPS) is 13.5. The zero-order valence-corrected chi connectivity index (χ0v) is 11.7. The van der Waals surface area contributed by atoms with Crippen molar-refractivity contribution in [2.45, 2.75) is 52.7 Å². The Morgan fingerprint density at radius 1 is 1.29 bits per heavy atom. The monoisotopic (exact) mass is 235 g/mol. The number of rotatable bonds is 6. The van der Waals surface area contributed by atoms with Crippen LogP contribution in [-0.2, 0) is 0 Å². The second-order valence-corrected chi connectivity index (χ2v) is 5.31. The third-order valence-corrected chi connectivity index (χ3v) is 3.17. The van der Waals surface area contributed by atoms with Crippen LogP contribution in [0.3, 0.4) is 0 Å². The highest BCUT2D eigenvalue weighted by Crippen LogP contribution is 2.17. The van der Waals surface area contributed by atoms with Gasteiger partial charge in [0.2, 0.25) is 0 Å². The Hall–Kier alpha value is -1.02. The molecule has 1 atom stereocenters. The molecule has 1 N–H and O–H groups in total. The minimum absolute atomic E-state index is 0.182. The molecule has 0 fully saturated rings. The Morgan fingerprint density at radius 3 is 2.53 bits per heavy atom. The minimum atomic E-state index is 0.182.